The second-order valence-corrected chi connectivity index (χ2v) is 3.42. The van der Waals surface area contributed by atoms with Crippen LogP contribution < -0.4 is 0 Å². The Labute approximate surface area is 83.2 Å². The zero-order valence-corrected chi connectivity index (χ0v) is 7.62. The van der Waals surface area contributed by atoms with Crippen LogP contribution in [0.3, 0.4) is 0 Å². The average molecular weight is 176 g/mol. The highest BCUT2D eigenvalue weighted by Gasteiger charge is 2.23. The van der Waals surface area contributed by atoms with Crippen molar-refractivity contribution < 1.29 is 0 Å². The van der Waals surface area contributed by atoms with E-state index in [1.807, 2.05) is 12.1 Å². The third-order valence-corrected chi connectivity index (χ3v) is 2.71. The van der Waals surface area contributed by atoms with E-state index in [4.69, 9.17) is 6.42 Å². The Balaban J connectivity index is 2.34. The van der Waals surface area contributed by atoms with E-state index in [-0.39, 0.29) is 0 Å². The minimum absolute atomic E-state index is 1.00. The van der Waals surface area contributed by atoms with Crippen molar-refractivity contribution in [1.82, 2.24) is 0 Å². The number of fused-ring (bicyclic) bond motifs is 4. The van der Waals surface area contributed by atoms with Crippen molar-refractivity contribution in [1.29, 1.82) is 0 Å². The predicted octanol–water partition coefficient (Wildman–Crippen LogP) is 3.32. The van der Waals surface area contributed by atoms with Crippen LogP contribution in [0.4, 0.5) is 0 Å². The van der Waals surface area contributed by atoms with Crippen LogP contribution in [0, 0.1) is 12.3 Å². The zero-order valence-electron chi connectivity index (χ0n) is 7.62. The van der Waals surface area contributed by atoms with Crippen LogP contribution in [0.25, 0.3) is 22.3 Å². The Morgan fingerprint density at radius 1 is 0.786 bits per heavy atom. The molecule has 0 aromatic heterocycles. The maximum absolute atomic E-state index is 5.46. The van der Waals surface area contributed by atoms with Gasteiger partial charge in [-0.2, -0.15) is 0 Å². The Bertz CT molecular complexity index is 556. The van der Waals surface area contributed by atoms with E-state index in [1.165, 1.54) is 22.3 Å². The molecule has 0 heterocycles. The summed E-state index contributed by atoms with van der Waals surface area (Å²) in [5.41, 5.74) is 6.14. The quantitative estimate of drug-likeness (QED) is 0.461. The lowest BCUT2D eigenvalue weighted by Gasteiger charge is -2.24. The average Bonchev–Trinajstić information content (AvgIpc) is 2.24. The molecule has 0 N–H and O–H groups in total. The first-order chi connectivity index (χ1) is 6.92. The summed E-state index contributed by atoms with van der Waals surface area (Å²) < 4.78 is 0. The van der Waals surface area contributed by atoms with Crippen LogP contribution in [-0.2, 0) is 0 Å². The fraction of sp³-hybridized carbons (Fsp3) is 0. The molecule has 0 saturated heterocycles. The Morgan fingerprint density at radius 3 is 2.29 bits per heavy atom. The molecule has 1 aliphatic carbocycles. The molecule has 0 atom stereocenters. The van der Waals surface area contributed by atoms with E-state index < -0.39 is 0 Å². The molecule has 64 valence electrons. The largest absolute Gasteiger partial charge is 0.115 e. The first kappa shape index (κ1) is 7.41. The normalized spacial score (nSPS) is 10.8. The standard InChI is InChI=1S/C14H8/c1-2-10-6-5-9-13-11-7-3-4-8-12(11)14(10)13/h1,3-9H. The molecule has 0 unspecified atom stereocenters. The van der Waals surface area contributed by atoms with Crippen molar-refractivity contribution in [2.24, 2.45) is 0 Å². The molecule has 14 heavy (non-hydrogen) atoms. The van der Waals surface area contributed by atoms with Gasteiger partial charge in [0.25, 0.3) is 0 Å². The number of hydrogen-bond acceptors (Lipinski definition) is 0. The topological polar surface area (TPSA) is 0 Å². The molecule has 2 aromatic rings. The SMILES string of the molecule is C#Cc1cccc2c1-c1ccccc1-2. The highest BCUT2D eigenvalue weighted by Crippen LogP contribution is 2.48. The zero-order chi connectivity index (χ0) is 9.54. The van der Waals surface area contributed by atoms with Crippen LogP contribution in [0.5, 0.6) is 0 Å². The Hall–Kier alpha value is -2.00. The minimum Gasteiger partial charge on any atom is -0.115 e. The van der Waals surface area contributed by atoms with Crippen molar-refractivity contribution in [2.45, 2.75) is 0 Å². The number of hydrogen-bond donors (Lipinski definition) is 0. The summed E-state index contributed by atoms with van der Waals surface area (Å²) in [5.74, 6) is 2.73. The first-order valence-corrected chi connectivity index (χ1v) is 4.61. The molecule has 0 heteroatoms. The maximum atomic E-state index is 5.46. The summed E-state index contributed by atoms with van der Waals surface area (Å²) >= 11 is 0. The van der Waals surface area contributed by atoms with E-state index in [1.54, 1.807) is 0 Å². The van der Waals surface area contributed by atoms with E-state index >= 15 is 0 Å². The molecule has 0 spiro atoms. The summed E-state index contributed by atoms with van der Waals surface area (Å²) in [6, 6.07) is 14.5. The van der Waals surface area contributed by atoms with Gasteiger partial charge in [0.2, 0.25) is 0 Å². The monoisotopic (exact) mass is 176 g/mol. The van der Waals surface area contributed by atoms with Gasteiger partial charge < -0.3 is 0 Å². The van der Waals surface area contributed by atoms with Crippen LogP contribution in [0.2, 0.25) is 0 Å². The predicted molar refractivity (Wildman–Crippen MR) is 58.8 cm³/mol. The van der Waals surface area contributed by atoms with Crippen LogP contribution in [0.1, 0.15) is 5.56 Å². The lowest BCUT2D eigenvalue weighted by molar-refractivity contribution is 1.50. The first-order valence-electron chi connectivity index (χ1n) is 4.61. The van der Waals surface area contributed by atoms with E-state index in [2.05, 4.69) is 36.3 Å². The molecular weight excluding hydrogens is 168 g/mol. The molecule has 1 aliphatic rings. The summed E-state index contributed by atoms with van der Waals surface area (Å²) in [7, 11) is 0. The second kappa shape index (κ2) is 2.49. The van der Waals surface area contributed by atoms with E-state index in [0.29, 0.717) is 0 Å². The lowest BCUT2D eigenvalue weighted by Crippen LogP contribution is -2.00. The van der Waals surface area contributed by atoms with Gasteiger partial charge in [-0.3, -0.25) is 0 Å². The maximum Gasteiger partial charge on any atom is 0.0327 e. The highest BCUT2D eigenvalue weighted by molar-refractivity contribution is 6.04. The van der Waals surface area contributed by atoms with Gasteiger partial charge in [-0.05, 0) is 22.8 Å². The second-order valence-electron chi connectivity index (χ2n) is 3.42. The summed E-state index contributed by atoms with van der Waals surface area (Å²) in [6.45, 7) is 0. The molecular formula is C14H8. The Morgan fingerprint density at radius 2 is 1.50 bits per heavy atom. The van der Waals surface area contributed by atoms with Gasteiger partial charge in [-0.25, -0.2) is 0 Å². The van der Waals surface area contributed by atoms with Gasteiger partial charge in [-0.1, -0.05) is 42.3 Å². The lowest BCUT2D eigenvalue weighted by atomic mass is 9.78. The van der Waals surface area contributed by atoms with Gasteiger partial charge in [0.1, 0.15) is 0 Å². The molecule has 0 radical (unpaired) electrons. The van der Waals surface area contributed by atoms with Crippen molar-refractivity contribution in [2.75, 3.05) is 0 Å². The van der Waals surface area contributed by atoms with Crippen LogP contribution >= 0.6 is 0 Å². The molecule has 0 nitrogen and oxygen atoms in total. The third kappa shape index (κ3) is 0.744. The van der Waals surface area contributed by atoms with Gasteiger partial charge in [0.15, 0.2) is 0 Å². The summed E-state index contributed by atoms with van der Waals surface area (Å²) in [4.78, 5) is 0. The highest BCUT2D eigenvalue weighted by atomic mass is 14.2. The summed E-state index contributed by atoms with van der Waals surface area (Å²) in [5, 5.41) is 0. The number of benzene rings is 2. The van der Waals surface area contributed by atoms with Gasteiger partial charge >= 0.3 is 0 Å². The molecule has 2 aromatic carbocycles. The van der Waals surface area contributed by atoms with Crippen molar-refractivity contribution in [3.63, 3.8) is 0 Å². The van der Waals surface area contributed by atoms with Crippen molar-refractivity contribution in [3.8, 4) is 34.6 Å². The van der Waals surface area contributed by atoms with Gasteiger partial charge in [0, 0.05) is 11.1 Å². The molecule has 0 amide bonds. The third-order valence-electron chi connectivity index (χ3n) is 2.71. The minimum atomic E-state index is 1.00. The number of rotatable bonds is 0. The molecule has 0 aliphatic heterocycles. The smallest absolute Gasteiger partial charge is 0.0327 e. The van der Waals surface area contributed by atoms with E-state index in [0.717, 1.165) is 5.56 Å². The summed E-state index contributed by atoms with van der Waals surface area (Å²) in [6.07, 6.45) is 5.46. The van der Waals surface area contributed by atoms with Gasteiger partial charge in [0.05, 0.1) is 0 Å². The fourth-order valence-corrected chi connectivity index (χ4v) is 2.06. The fourth-order valence-electron chi connectivity index (χ4n) is 2.06. The van der Waals surface area contributed by atoms with Gasteiger partial charge in [-0.15, -0.1) is 6.42 Å². The van der Waals surface area contributed by atoms with Crippen LogP contribution in [0.15, 0.2) is 42.5 Å². The van der Waals surface area contributed by atoms with Crippen molar-refractivity contribution in [3.05, 3.63) is 48.0 Å². The molecule has 3 rings (SSSR count). The molecule has 0 fully saturated rings. The van der Waals surface area contributed by atoms with E-state index in [9.17, 15) is 0 Å². The molecule has 0 bridgehead atoms. The Kier molecular flexibility index (Phi) is 1.32. The van der Waals surface area contributed by atoms with Crippen LogP contribution in [-0.4, -0.2) is 0 Å². The number of terminal acetylenes is 1. The molecule has 0 saturated carbocycles. The van der Waals surface area contributed by atoms with Crippen molar-refractivity contribution >= 4 is 0 Å².